The number of benzene rings is 1. The summed E-state index contributed by atoms with van der Waals surface area (Å²) in [6, 6.07) is 3.37. The molecule has 0 bridgehead atoms. The van der Waals surface area contributed by atoms with Gasteiger partial charge in [-0.2, -0.15) is 0 Å². The smallest absolute Gasteiger partial charge is 0.142 e. The Hall–Kier alpha value is -0.350. The topological polar surface area (TPSA) is 29.3 Å². The molecule has 0 saturated carbocycles. The molecule has 0 aliphatic carbocycles. The van der Waals surface area contributed by atoms with Crippen molar-refractivity contribution < 1.29 is 4.39 Å². The molecule has 5 heteroatoms. The van der Waals surface area contributed by atoms with Crippen LogP contribution in [0.1, 0.15) is 44.7 Å². The van der Waals surface area contributed by atoms with Crippen LogP contribution in [0.15, 0.2) is 12.1 Å². The molecule has 1 aliphatic rings. The first-order chi connectivity index (χ1) is 9.41. The Kier molecular flexibility index (Phi) is 5.30. The molecular formula is C15H21Cl2FN2. The van der Waals surface area contributed by atoms with Gasteiger partial charge < -0.3 is 5.73 Å². The summed E-state index contributed by atoms with van der Waals surface area (Å²) in [5.74, 6) is -0.424. The second kappa shape index (κ2) is 6.61. The van der Waals surface area contributed by atoms with Crippen molar-refractivity contribution >= 4 is 23.2 Å². The van der Waals surface area contributed by atoms with Crippen LogP contribution in [0.5, 0.6) is 0 Å². The number of hydrogen-bond acceptors (Lipinski definition) is 2. The Balaban J connectivity index is 2.29. The molecule has 1 fully saturated rings. The van der Waals surface area contributed by atoms with Gasteiger partial charge in [0, 0.05) is 23.1 Å². The summed E-state index contributed by atoms with van der Waals surface area (Å²) in [5, 5.41) is 0.575. The average molecular weight is 319 g/mol. The summed E-state index contributed by atoms with van der Waals surface area (Å²) in [6.45, 7) is 5.04. The van der Waals surface area contributed by atoms with Gasteiger partial charge >= 0.3 is 0 Å². The number of nitrogens with two attached hydrogens (primary N) is 1. The van der Waals surface area contributed by atoms with Crippen molar-refractivity contribution in [3.05, 3.63) is 33.6 Å². The molecular weight excluding hydrogens is 298 g/mol. The molecule has 2 N–H and O–H groups in total. The largest absolute Gasteiger partial charge is 0.327 e. The Morgan fingerprint density at radius 3 is 2.60 bits per heavy atom. The highest BCUT2D eigenvalue weighted by Crippen LogP contribution is 2.35. The summed E-state index contributed by atoms with van der Waals surface area (Å²) in [4.78, 5) is 2.34. The molecule has 1 aromatic rings. The zero-order chi connectivity index (χ0) is 14.9. The maximum absolute atomic E-state index is 13.7. The van der Waals surface area contributed by atoms with Gasteiger partial charge in [0.2, 0.25) is 0 Å². The predicted molar refractivity (Wildman–Crippen MR) is 82.8 cm³/mol. The molecule has 20 heavy (non-hydrogen) atoms. The zero-order valence-electron chi connectivity index (χ0n) is 11.9. The van der Waals surface area contributed by atoms with Crippen LogP contribution in [0, 0.1) is 5.82 Å². The normalized spacial score (nSPS) is 23.6. The third-order valence-corrected chi connectivity index (χ3v) is 4.80. The van der Waals surface area contributed by atoms with Gasteiger partial charge in [-0.15, -0.1) is 0 Å². The zero-order valence-corrected chi connectivity index (χ0v) is 13.4. The molecule has 112 valence electrons. The SMILES string of the molecule is CC(N)C1CCCCN1C(C)c1cc(F)c(Cl)cc1Cl. The van der Waals surface area contributed by atoms with E-state index in [1.165, 1.54) is 18.6 Å². The van der Waals surface area contributed by atoms with Crippen molar-refractivity contribution in [1.82, 2.24) is 4.90 Å². The van der Waals surface area contributed by atoms with Crippen LogP contribution in [-0.2, 0) is 0 Å². The first-order valence-electron chi connectivity index (χ1n) is 7.07. The van der Waals surface area contributed by atoms with Gasteiger partial charge in [-0.3, -0.25) is 4.90 Å². The highest BCUT2D eigenvalue weighted by Gasteiger charge is 2.30. The highest BCUT2D eigenvalue weighted by atomic mass is 35.5. The minimum atomic E-state index is -0.424. The van der Waals surface area contributed by atoms with Gasteiger partial charge in [0.25, 0.3) is 0 Å². The van der Waals surface area contributed by atoms with Crippen LogP contribution >= 0.6 is 23.2 Å². The minimum Gasteiger partial charge on any atom is -0.327 e. The standard InChI is InChI=1S/C15H21Cl2FN2/c1-9(19)15-5-3-4-6-20(15)10(2)11-7-14(18)13(17)8-12(11)16/h7-10,15H,3-6,19H2,1-2H3. The van der Waals surface area contributed by atoms with Crippen LogP contribution in [0.2, 0.25) is 10.0 Å². The molecule has 3 unspecified atom stereocenters. The quantitative estimate of drug-likeness (QED) is 0.837. The third-order valence-electron chi connectivity index (χ3n) is 4.19. The number of piperidine rings is 1. The molecule has 1 aliphatic heterocycles. The van der Waals surface area contributed by atoms with Crippen LogP contribution < -0.4 is 5.73 Å². The van der Waals surface area contributed by atoms with Gasteiger partial charge in [-0.05, 0) is 50.9 Å². The first-order valence-corrected chi connectivity index (χ1v) is 7.83. The predicted octanol–water partition coefficient (Wildman–Crippen LogP) is 4.40. The lowest BCUT2D eigenvalue weighted by atomic mass is 9.93. The molecule has 0 amide bonds. The van der Waals surface area contributed by atoms with E-state index in [1.54, 1.807) is 0 Å². The second-order valence-corrected chi connectivity index (χ2v) is 6.44. The second-order valence-electron chi connectivity index (χ2n) is 5.62. The molecule has 2 nitrogen and oxygen atoms in total. The van der Waals surface area contributed by atoms with Crippen LogP contribution in [0.4, 0.5) is 4.39 Å². The lowest BCUT2D eigenvalue weighted by Crippen LogP contribution is -2.50. The van der Waals surface area contributed by atoms with Gasteiger partial charge in [0.05, 0.1) is 5.02 Å². The fourth-order valence-corrected chi connectivity index (χ4v) is 3.60. The monoisotopic (exact) mass is 318 g/mol. The Morgan fingerprint density at radius 2 is 1.95 bits per heavy atom. The van der Waals surface area contributed by atoms with Crippen molar-refractivity contribution in [2.24, 2.45) is 5.73 Å². The van der Waals surface area contributed by atoms with Crippen molar-refractivity contribution in [3.63, 3.8) is 0 Å². The molecule has 1 aromatic carbocycles. The van der Waals surface area contributed by atoms with E-state index in [1.807, 2.05) is 6.92 Å². The fourth-order valence-electron chi connectivity index (χ4n) is 3.06. The van der Waals surface area contributed by atoms with E-state index >= 15 is 0 Å². The van der Waals surface area contributed by atoms with E-state index in [-0.39, 0.29) is 17.1 Å². The fraction of sp³-hybridized carbons (Fsp3) is 0.600. The highest BCUT2D eigenvalue weighted by molar-refractivity contribution is 6.35. The molecule has 3 atom stereocenters. The maximum Gasteiger partial charge on any atom is 0.142 e. The van der Waals surface area contributed by atoms with Crippen LogP contribution in [0.25, 0.3) is 0 Å². The molecule has 1 saturated heterocycles. The Bertz CT molecular complexity index is 479. The molecule has 0 aromatic heterocycles. The minimum absolute atomic E-state index is 0.0329. The van der Waals surface area contributed by atoms with E-state index in [9.17, 15) is 4.39 Å². The third kappa shape index (κ3) is 3.28. The van der Waals surface area contributed by atoms with E-state index in [0.717, 1.165) is 24.9 Å². The van der Waals surface area contributed by atoms with Crippen LogP contribution in [0.3, 0.4) is 0 Å². The lowest BCUT2D eigenvalue weighted by molar-refractivity contribution is 0.0889. The summed E-state index contributed by atoms with van der Waals surface area (Å²) in [6.07, 6.45) is 3.41. The summed E-state index contributed by atoms with van der Waals surface area (Å²) in [5.41, 5.74) is 6.87. The van der Waals surface area contributed by atoms with Crippen LogP contribution in [-0.4, -0.2) is 23.5 Å². The van der Waals surface area contributed by atoms with E-state index < -0.39 is 5.82 Å². The van der Waals surface area contributed by atoms with E-state index in [0.29, 0.717) is 11.1 Å². The number of rotatable bonds is 3. The Labute approximate surface area is 130 Å². The van der Waals surface area contributed by atoms with E-state index in [2.05, 4.69) is 11.8 Å². The molecule has 2 rings (SSSR count). The number of halogens is 3. The summed E-state index contributed by atoms with van der Waals surface area (Å²) in [7, 11) is 0. The van der Waals surface area contributed by atoms with Gasteiger partial charge in [-0.25, -0.2) is 4.39 Å². The summed E-state index contributed by atoms with van der Waals surface area (Å²) < 4.78 is 13.7. The van der Waals surface area contributed by atoms with E-state index in [4.69, 9.17) is 28.9 Å². The maximum atomic E-state index is 13.7. The van der Waals surface area contributed by atoms with Crippen molar-refractivity contribution in [3.8, 4) is 0 Å². The Morgan fingerprint density at radius 1 is 1.25 bits per heavy atom. The van der Waals surface area contributed by atoms with Gasteiger partial charge in [0.1, 0.15) is 5.82 Å². The van der Waals surface area contributed by atoms with Crippen molar-refractivity contribution in [1.29, 1.82) is 0 Å². The number of likely N-dealkylation sites (tertiary alicyclic amines) is 1. The molecule has 0 radical (unpaired) electrons. The number of hydrogen-bond donors (Lipinski definition) is 1. The van der Waals surface area contributed by atoms with Gasteiger partial charge in [0.15, 0.2) is 0 Å². The molecule has 1 heterocycles. The first kappa shape index (κ1) is 16.0. The van der Waals surface area contributed by atoms with Crippen molar-refractivity contribution in [2.45, 2.75) is 51.2 Å². The molecule has 0 spiro atoms. The van der Waals surface area contributed by atoms with Gasteiger partial charge in [-0.1, -0.05) is 29.6 Å². The summed E-state index contributed by atoms with van der Waals surface area (Å²) >= 11 is 12.0. The lowest BCUT2D eigenvalue weighted by Gasteiger charge is -2.42. The average Bonchev–Trinajstić information content (AvgIpc) is 2.42. The van der Waals surface area contributed by atoms with Crippen molar-refractivity contribution in [2.75, 3.05) is 6.54 Å². The number of nitrogens with zero attached hydrogens (tertiary/aromatic N) is 1.